The van der Waals surface area contributed by atoms with Gasteiger partial charge in [-0.3, -0.25) is 19.6 Å². The Morgan fingerprint density at radius 1 is 1.38 bits per heavy atom. The minimum atomic E-state index is -0.479. The molecule has 0 fully saturated rings. The molecule has 0 aliphatic heterocycles. The van der Waals surface area contributed by atoms with Gasteiger partial charge in [-0.2, -0.15) is 5.10 Å². The van der Waals surface area contributed by atoms with Crippen LogP contribution in [-0.2, 0) is 17.9 Å². The first-order valence-corrected chi connectivity index (χ1v) is 8.07. The highest BCUT2D eigenvalue weighted by Crippen LogP contribution is 2.22. The molecule has 0 saturated carbocycles. The molecule has 0 aliphatic carbocycles. The van der Waals surface area contributed by atoms with Crippen molar-refractivity contribution in [2.45, 2.75) is 26.9 Å². The van der Waals surface area contributed by atoms with Gasteiger partial charge in [0.15, 0.2) is 0 Å². The van der Waals surface area contributed by atoms with Gasteiger partial charge in [0.25, 0.3) is 0 Å². The highest BCUT2D eigenvalue weighted by atomic mass is 32.1. The van der Waals surface area contributed by atoms with E-state index in [1.54, 1.807) is 13.8 Å². The minimum absolute atomic E-state index is 0.0472. The van der Waals surface area contributed by atoms with Gasteiger partial charge in [-0.05, 0) is 26.0 Å². The Labute approximate surface area is 141 Å². The number of nitro groups is 1. The van der Waals surface area contributed by atoms with Crippen LogP contribution >= 0.6 is 11.3 Å². The molecular weight excluding hydrogens is 330 g/mol. The van der Waals surface area contributed by atoms with Crippen LogP contribution in [0.4, 0.5) is 5.69 Å². The Hall–Kier alpha value is -2.81. The third-order valence-electron chi connectivity index (χ3n) is 3.59. The second-order valence-corrected chi connectivity index (χ2v) is 6.40. The number of benzene rings is 1. The fourth-order valence-corrected chi connectivity index (χ4v) is 3.37. The SMILES string of the molecule is Cc1nn(CC(=O)NCc2nc3ccccc3s2)c(C)c1[N+](=O)[O-]. The van der Waals surface area contributed by atoms with Gasteiger partial charge < -0.3 is 5.32 Å². The molecule has 1 N–H and O–H groups in total. The van der Waals surface area contributed by atoms with Crippen LogP contribution in [0.5, 0.6) is 0 Å². The third-order valence-corrected chi connectivity index (χ3v) is 4.63. The maximum Gasteiger partial charge on any atom is 0.312 e. The molecule has 0 saturated heterocycles. The fourth-order valence-electron chi connectivity index (χ4n) is 2.47. The first kappa shape index (κ1) is 16.1. The van der Waals surface area contributed by atoms with Crippen LogP contribution < -0.4 is 5.32 Å². The molecular formula is C15H15N5O3S. The number of fused-ring (bicyclic) bond motifs is 1. The number of hydrogen-bond donors (Lipinski definition) is 1. The number of thiazole rings is 1. The number of nitrogens with zero attached hydrogens (tertiary/aromatic N) is 4. The van der Waals surface area contributed by atoms with Crippen molar-refractivity contribution in [3.8, 4) is 0 Å². The molecule has 2 aromatic heterocycles. The van der Waals surface area contributed by atoms with Gasteiger partial charge in [-0.15, -0.1) is 11.3 Å². The van der Waals surface area contributed by atoms with Crippen LogP contribution in [0.15, 0.2) is 24.3 Å². The van der Waals surface area contributed by atoms with E-state index in [1.807, 2.05) is 24.3 Å². The molecule has 3 rings (SSSR count). The molecule has 1 aromatic carbocycles. The largest absolute Gasteiger partial charge is 0.348 e. The number of rotatable bonds is 5. The summed E-state index contributed by atoms with van der Waals surface area (Å²) in [7, 11) is 0. The zero-order valence-electron chi connectivity index (χ0n) is 13.1. The standard InChI is InChI=1S/C15H15N5O3S/c1-9-15(20(22)23)10(2)19(18-9)8-13(21)16-7-14-17-11-5-3-4-6-12(11)24-14/h3-6H,7-8H2,1-2H3,(H,16,21). The summed E-state index contributed by atoms with van der Waals surface area (Å²) in [6.07, 6.45) is 0. The van der Waals surface area contributed by atoms with Crippen molar-refractivity contribution in [2.24, 2.45) is 0 Å². The van der Waals surface area contributed by atoms with Gasteiger partial charge in [0.05, 0.1) is 21.7 Å². The summed E-state index contributed by atoms with van der Waals surface area (Å²) in [4.78, 5) is 27.0. The van der Waals surface area contributed by atoms with Crippen LogP contribution in [0.2, 0.25) is 0 Å². The molecule has 0 atom stereocenters. The van der Waals surface area contributed by atoms with Crippen molar-refractivity contribution >= 4 is 33.1 Å². The van der Waals surface area contributed by atoms with Crippen molar-refractivity contribution in [2.75, 3.05) is 0 Å². The van der Waals surface area contributed by atoms with Crippen LogP contribution in [-0.4, -0.2) is 25.6 Å². The molecule has 1 amide bonds. The molecule has 2 heterocycles. The minimum Gasteiger partial charge on any atom is -0.348 e. The van der Waals surface area contributed by atoms with Gasteiger partial charge in [-0.25, -0.2) is 4.98 Å². The smallest absolute Gasteiger partial charge is 0.312 e. The number of carbonyl (C=O) groups excluding carboxylic acids is 1. The van der Waals surface area contributed by atoms with Gasteiger partial charge in [0.1, 0.15) is 22.9 Å². The van der Waals surface area contributed by atoms with E-state index < -0.39 is 4.92 Å². The highest BCUT2D eigenvalue weighted by molar-refractivity contribution is 7.18. The van der Waals surface area contributed by atoms with E-state index in [9.17, 15) is 14.9 Å². The quantitative estimate of drug-likeness (QED) is 0.565. The van der Waals surface area contributed by atoms with Gasteiger partial charge in [0, 0.05) is 0 Å². The van der Waals surface area contributed by atoms with E-state index in [-0.39, 0.29) is 18.1 Å². The zero-order valence-corrected chi connectivity index (χ0v) is 14.0. The number of amides is 1. The van der Waals surface area contributed by atoms with Gasteiger partial charge in [0.2, 0.25) is 5.91 Å². The number of aryl methyl sites for hydroxylation is 1. The van der Waals surface area contributed by atoms with E-state index >= 15 is 0 Å². The second-order valence-electron chi connectivity index (χ2n) is 5.29. The Morgan fingerprint density at radius 3 is 2.79 bits per heavy atom. The van der Waals surface area contributed by atoms with Crippen molar-refractivity contribution in [3.63, 3.8) is 0 Å². The Bertz CT molecular complexity index is 897. The molecule has 0 aliphatic rings. The van der Waals surface area contributed by atoms with Crippen molar-refractivity contribution in [1.82, 2.24) is 20.1 Å². The zero-order chi connectivity index (χ0) is 17.3. The van der Waals surface area contributed by atoms with Gasteiger partial charge >= 0.3 is 5.69 Å². The highest BCUT2D eigenvalue weighted by Gasteiger charge is 2.22. The Kier molecular flexibility index (Phi) is 4.26. The van der Waals surface area contributed by atoms with E-state index in [2.05, 4.69) is 15.4 Å². The second kappa shape index (κ2) is 6.36. The van der Waals surface area contributed by atoms with Crippen molar-refractivity contribution in [1.29, 1.82) is 0 Å². The van der Waals surface area contributed by atoms with E-state index in [1.165, 1.54) is 16.0 Å². The van der Waals surface area contributed by atoms with Crippen LogP contribution in [0.1, 0.15) is 16.4 Å². The number of hydrogen-bond acceptors (Lipinski definition) is 6. The maximum atomic E-state index is 12.1. The molecule has 0 spiro atoms. The molecule has 0 bridgehead atoms. The molecule has 0 unspecified atom stereocenters. The lowest BCUT2D eigenvalue weighted by Crippen LogP contribution is -2.27. The number of nitrogens with one attached hydrogen (secondary N) is 1. The fraction of sp³-hybridized carbons (Fsp3) is 0.267. The molecule has 0 radical (unpaired) electrons. The molecule has 24 heavy (non-hydrogen) atoms. The van der Waals surface area contributed by atoms with Crippen LogP contribution in [0.3, 0.4) is 0 Å². The van der Waals surface area contributed by atoms with Crippen LogP contribution in [0.25, 0.3) is 10.2 Å². The van der Waals surface area contributed by atoms with Crippen molar-refractivity contribution in [3.05, 3.63) is 50.8 Å². The number of para-hydroxylation sites is 1. The third kappa shape index (κ3) is 3.11. The summed E-state index contributed by atoms with van der Waals surface area (Å²) in [5, 5.41) is 18.6. The lowest BCUT2D eigenvalue weighted by Gasteiger charge is -2.04. The number of carbonyl (C=O) groups is 1. The Morgan fingerprint density at radius 2 is 2.12 bits per heavy atom. The lowest BCUT2D eigenvalue weighted by molar-refractivity contribution is -0.386. The van der Waals surface area contributed by atoms with E-state index in [0.717, 1.165) is 15.2 Å². The predicted octanol–water partition coefficient (Wildman–Crippen LogP) is 2.33. The average Bonchev–Trinajstić information content (AvgIpc) is 3.06. The summed E-state index contributed by atoms with van der Waals surface area (Å²) >= 11 is 1.52. The summed E-state index contributed by atoms with van der Waals surface area (Å²) in [6.45, 7) is 3.39. The monoisotopic (exact) mass is 345 g/mol. The maximum absolute atomic E-state index is 12.1. The Balaban J connectivity index is 1.66. The summed E-state index contributed by atoms with van der Waals surface area (Å²) < 4.78 is 2.41. The van der Waals surface area contributed by atoms with Crippen LogP contribution in [0, 0.1) is 24.0 Å². The summed E-state index contributed by atoms with van der Waals surface area (Å²) in [6, 6.07) is 7.76. The summed E-state index contributed by atoms with van der Waals surface area (Å²) in [5.74, 6) is -0.269. The summed E-state index contributed by atoms with van der Waals surface area (Å²) in [5.41, 5.74) is 1.53. The van der Waals surface area contributed by atoms with E-state index in [0.29, 0.717) is 17.9 Å². The molecule has 9 heteroatoms. The molecule has 124 valence electrons. The predicted molar refractivity (Wildman–Crippen MR) is 89.8 cm³/mol. The first-order valence-electron chi connectivity index (χ1n) is 7.25. The average molecular weight is 345 g/mol. The number of aromatic nitrogens is 3. The molecule has 3 aromatic rings. The normalized spacial score (nSPS) is 10.9. The first-order chi connectivity index (χ1) is 11.5. The lowest BCUT2D eigenvalue weighted by atomic mass is 10.3. The molecule has 8 nitrogen and oxygen atoms in total. The van der Waals surface area contributed by atoms with Crippen molar-refractivity contribution < 1.29 is 9.72 Å². The van der Waals surface area contributed by atoms with Gasteiger partial charge in [-0.1, -0.05) is 12.1 Å². The van der Waals surface area contributed by atoms with E-state index in [4.69, 9.17) is 0 Å². The topological polar surface area (TPSA) is 103 Å².